The van der Waals surface area contributed by atoms with Crippen LogP contribution in [0.1, 0.15) is 19.8 Å². The molecule has 6 heteroatoms. The molecule has 0 aromatic carbocycles. The SMILES string of the molecule is CC1CC(Nc2nccn3cnnc23)CCN1C. The number of hydrogen-bond acceptors (Lipinski definition) is 5. The van der Waals surface area contributed by atoms with Gasteiger partial charge in [0.25, 0.3) is 0 Å². The quantitative estimate of drug-likeness (QED) is 0.857. The van der Waals surface area contributed by atoms with Crippen LogP contribution in [0.25, 0.3) is 5.65 Å². The molecule has 6 nitrogen and oxygen atoms in total. The Morgan fingerprint density at radius 3 is 3.17 bits per heavy atom. The highest BCUT2D eigenvalue weighted by atomic mass is 15.3. The Kier molecular flexibility index (Phi) is 2.87. The summed E-state index contributed by atoms with van der Waals surface area (Å²) in [6, 6.07) is 1.07. The van der Waals surface area contributed by atoms with Crippen molar-refractivity contribution in [3.05, 3.63) is 18.7 Å². The zero-order chi connectivity index (χ0) is 12.5. The van der Waals surface area contributed by atoms with Gasteiger partial charge in [-0.25, -0.2) is 4.98 Å². The summed E-state index contributed by atoms with van der Waals surface area (Å²) in [5.74, 6) is 0.830. The van der Waals surface area contributed by atoms with Crippen LogP contribution in [0.15, 0.2) is 18.7 Å². The van der Waals surface area contributed by atoms with E-state index >= 15 is 0 Å². The maximum absolute atomic E-state index is 4.37. The van der Waals surface area contributed by atoms with Gasteiger partial charge in [-0.05, 0) is 26.8 Å². The molecule has 0 aliphatic carbocycles. The minimum atomic E-state index is 0.464. The molecule has 0 amide bonds. The van der Waals surface area contributed by atoms with Gasteiger partial charge >= 0.3 is 0 Å². The largest absolute Gasteiger partial charge is 0.364 e. The second-order valence-electron chi connectivity index (χ2n) is 5.03. The standard InChI is InChI=1S/C12H18N6/c1-9-7-10(3-5-17(9)2)15-11-12-16-14-8-18(12)6-4-13-11/h4,6,8-10H,3,5,7H2,1-2H3,(H,13,15). The van der Waals surface area contributed by atoms with Crippen LogP contribution in [0.4, 0.5) is 5.82 Å². The first-order chi connectivity index (χ1) is 8.74. The van der Waals surface area contributed by atoms with Gasteiger partial charge in [-0.15, -0.1) is 10.2 Å². The number of anilines is 1. The van der Waals surface area contributed by atoms with Gasteiger partial charge in [0.15, 0.2) is 5.82 Å². The Morgan fingerprint density at radius 1 is 1.44 bits per heavy atom. The van der Waals surface area contributed by atoms with Crippen molar-refractivity contribution in [1.29, 1.82) is 0 Å². The summed E-state index contributed by atoms with van der Waals surface area (Å²) in [5.41, 5.74) is 0.795. The van der Waals surface area contributed by atoms with E-state index in [0.29, 0.717) is 12.1 Å². The molecular formula is C12H18N6. The number of nitrogens with zero attached hydrogens (tertiary/aromatic N) is 5. The lowest BCUT2D eigenvalue weighted by Crippen LogP contribution is -2.42. The molecule has 1 N–H and O–H groups in total. The zero-order valence-electron chi connectivity index (χ0n) is 10.7. The van der Waals surface area contributed by atoms with E-state index in [-0.39, 0.29) is 0 Å². The predicted molar refractivity (Wildman–Crippen MR) is 69.5 cm³/mol. The fourth-order valence-corrected chi connectivity index (χ4v) is 2.47. The molecule has 1 aliphatic rings. The Hall–Kier alpha value is -1.69. The van der Waals surface area contributed by atoms with E-state index in [1.54, 1.807) is 12.5 Å². The molecule has 1 saturated heterocycles. The van der Waals surface area contributed by atoms with Gasteiger partial charge in [-0.2, -0.15) is 0 Å². The second kappa shape index (κ2) is 4.53. The van der Waals surface area contributed by atoms with Crippen molar-refractivity contribution in [2.75, 3.05) is 18.9 Å². The van der Waals surface area contributed by atoms with Crippen LogP contribution in [0.3, 0.4) is 0 Å². The van der Waals surface area contributed by atoms with Crippen molar-refractivity contribution < 1.29 is 0 Å². The molecular weight excluding hydrogens is 228 g/mol. The van der Waals surface area contributed by atoms with Crippen molar-refractivity contribution >= 4 is 11.5 Å². The topological polar surface area (TPSA) is 58.4 Å². The molecule has 3 heterocycles. The highest BCUT2D eigenvalue weighted by Crippen LogP contribution is 2.20. The first-order valence-corrected chi connectivity index (χ1v) is 6.35. The first kappa shape index (κ1) is 11.4. The number of likely N-dealkylation sites (tertiary alicyclic amines) is 1. The third-order valence-electron chi connectivity index (χ3n) is 3.76. The van der Waals surface area contributed by atoms with Gasteiger partial charge in [-0.1, -0.05) is 0 Å². The number of rotatable bonds is 2. The number of hydrogen-bond donors (Lipinski definition) is 1. The van der Waals surface area contributed by atoms with Crippen molar-refractivity contribution in [3.8, 4) is 0 Å². The van der Waals surface area contributed by atoms with Gasteiger partial charge in [0, 0.05) is 31.0 Å². The van der Waals surface area contributed by atoms with Gasteiger partial charge in [0.1, 0.15) is 6.33 Å². The van der Waals surface area contributed by atoms with Gasteiger partial charge in [-0.3, -0.25) is 4.40 Å². The second-order valence-corrected chi connectivity index (χ2v) is 5.03. The van der Waals surface area contributed by atoms with E-state index in [1.807, 2.05) is 10.6 Å². The van der Waals surface area contributed by atoms with E-state index in [1.165, 1.54) is 0 Å². The van der Waals surface area contributed by atoms with Crippen LogP contribution in [-0.2, 0) is 0 Å². The molecule has 1 aliphatic heterocycles. The molecule has 2 aromatic heterocycles. The number of nitrogens with one attached hydrogen (secondary N) is 1. The molecule has 2 atom stereocenters. The smallest absolute Gasteiger partial charge is 0.203 e. The molecule has 2 unspecified atom stereocenters. The lowest BCUT2D eigenvalue weighted by Gasteiger charge is -2.35. The number of piperidine rings is 1. The maximum Gasteiger partial charge on any atom is 0.203 e. The molecule has 0 saturated carbocycles. The summed E-state index contributed by atoms with van der Waals surface area (Å²) < 4.78 is 1.88. The maximum atomic E-state index is 4.37. The van der Waals surface area contributed by atoms with Crippen molar-refractivity contribution in [2.45, 2.75) is 31.8 Å². The molecule has 2 aromatic rings. The molecule has 0 radical (unpaired) electrons. The Morgan fingerprint density at radius 2 is 2.33 bits per heavy atom. The average Bonchev–Trinajstić information content (AvgIpc) is 2.83. The monoisotopic (exact) mass is 246 g/mol. The van der Waals surface area contributed by atoms with Gasteiger partial charge in [0.2, 0.25) is 5.65 Å². The minimum absolute atomic E-state index is 0.464. The van der Waals surface area contributed by atoms with Crippen LogP contribution >= 0.6 is 0 Å². The number of fused-ring (bicyclic) bond motifs is 1. The van der Waals surface area contributed by atoms with Crippen LogP contribution in [0.5, 0.6) is 0 Å². The Bertz CT molecular complexity index is 536. The van der Waals surface area contributed by atoms with Crippen molar-refractivity contribution in [3.63, 3.8) is 0 Å². The summed E-state index contributed by atoms with van der Waals surface area (Å²) in [4.78, 5) is 6.76. The summed E-state index contributed by atoms with van der Waals surface area (Å²) in [5, 5.41) is 11.5. The minimum Gasteiger partial charge on any atom is -0.364 e. The molecule has 18 heavy (non-hydrogen) atoms. The summed E-state index contributed by atoms with van der Waals surface area (Å²) >= 11 is 0. The fourth-order valence-electron chi connectivity index (χ4n) is 2.47. The third kappa shape index (κ3) is 2.03. The van der Waals surface area contributed by atoms with Crippen molar-refractivity contribution in [1.82, 2.24) is 24.5 Å². The zero-order valence-corrected chi connectivity index (χ0v) is 10.7. The molecule has 1 fully saturated rings. The summed E-state index contributed by atoms with van der Waals surface area (Å²) in [6.07, 6.45) is 7.60. The molecule has 96 valence electrons. The van der Waals surface area contributed by atoms with Crippen LogP contribution < -0.4 is 5.32 Å². The molecule has 0 bridgehead atoms. The Balaban J connectivity index is 1.78. The van der Waals surface area contributed by atoms with Crippen LogP contribution in [0.2, 0.25) is 0 Å². The van der Waals surface area contributed by atoms with E-state index < -0.39 is 0 Å². The normalized spacial score (nSPS) is 25.4. The highest BCUT2D eigenvalue weighted by Gasteiger charge is 2.23. The van der Waals surface area contributed by atoms with E-state index in [0.717, 1.165) is 30.9 Å². The predicted octanol–water partition coefficient (Wildman–Crippen LogP) is 1.02. The third-order valence-corrected chi connectivity index (χ3v) is 3.76. The van der Waals surface area contributed by atoms with Gasteiger partial charge in [0.05, 0.1) is 0 Å². The first-order valence-electron chi connectivity index (χ1n) is 6.35. The Labute approximate surface area is 106 Å². The van der Waals surface area contributed by atoms with Crippen molar-refractivity contribution in [2.24, 2.45) is 0 Å². The van der Waals surface area contributed by atoms with Crippen LogP contribution in [-0.4, -0.2) is 50.2 Å². The van der Waals surface area contributed by atoms with Crippen LogP contribution in [0, 0.1) is 0 Å². The summed E-state index contributed by atoms with van der Waals surface area (Å²) in [6.45, 7) is 3.38. The van der Waals surface area contributed by atoms with Gasteiger partial charge < -0.3 is 10.2 Å². The van der Waals surface area contributed by atoms with E-state index in [4.69, 9.17) is 0 Å². The molecule has 3 rings (SSSR count). The lowest BCUT2D eigenvalue weighted by molar-refractivity contribution is 0.190. The molecule has 0 spiro atoms. The highest BCUT2D eigenvalue weighted by molar-refractivity contribution is 5.61. The van der Waals surface area contributed by atoms with E-state index in [9.17, 15) is 0 Å². The fraction of sp³-hybridized carbons (Fsp3) is 0.583. The lowest BCUT2D eigenvalue weighted by atomic mass is 9.99. The number of aromatic nitrogens is 4. The van der Waals surface area contributed by atoms with E-state index in [2.05, 4.69) is 39.4 Å². The summed E-state index contributed by atoms with van der Waals surface area (Å²) in [7, 11) is 2.18. The average molecular weight is 246 g/mol.